The van der Waals surface area contributed by atoms with Crippen LogP contribution < -0.4 is 0 Å². The van der Waals surface area contributed by atoms with E-state index in [-0.39, 0.29) is 0 Å². The monoisotopic (exact) mass is 322 g/mol. The predicted octanol–water partition coefficient (Wildman–Crippen LogP) is 8.99. The fourth-order valence-corrected chi connectivity index (χ4v) is 3.19. The van der Waals surface area contributed by atoms with Gasteiger partial charge in [-0.1, -0.05) is 129 Å². The maximum atomic E-state index is 2.40. The predicted molar refractivity (Wildman–Crippen MR) is 108 cm³/mol. The van der Waals surface area contributed by atoms with Crippen LogP contribution in [0, 0.1) is 0 Å². The van der Waals surface area contributed by atoms with E-state index in [2.05, 4.69) is 26.0 Å². The summed E-state index contributed by atoms with van der Waals surface area (Å²) in [5, 5.41) is 0. The van der Waals surface area contributed by atoms with Crippen LogP contribution >= 0.6 is 0 Å². The minimum Gasteiger partial charge on any atom is -0.0885 e. The van der Waals surface area contributed by atoms with E-state index < -0.39 is 0 Å². The van der Waals surface area contributed by atoms with Gasteiger partial charge in [-0.15, -0.1) is 0 Å². The van der Waals surface area contributed by atoms with Gasteiger partial charge >= 0.3 is 0 Å². The summed E-state index contributed by atoms with van der Waals surface area (Å²) < 4.78 is 0. The Labute approximate surface area is 148 Å². The van der Waals surface area contributed by atoms with Gasteiger partial charge in [0.25, 0.3) is 0 Å². The fourth-order valence-electron chi connectivity index (χ4n) is 3.19. The average Bonchev–Trinajstić information content (AvgIpc) is 2.57. The van der Waals surface area contributed by atoms with Crippen LogP contribution in [0.5, 0.6) is 0 Å². The van der Waals surface area contributed by atoms with Gasteiger partial charge in [0.05, 0.1) is 0 Å². The normalized spacial score (nSPS) is 11.6. The molecule has 0 atom stereocenters. The molecule has 0 heterocycles. The van der Waals surface area contributed by atoms with Crippen LogP contribution in [0.3, 0.4) is 0 Å². The first-order valence-electron chi connectivity index (χ1n) is 11.1. The molecule has 0 aromatic heterocycles. The van der Waals surface area contributed by atoms with Crippen molar-refractivity contribution >= 4 is 0 Å². The molecule has 0 aliphatic carbocycles. The van der Waals surface area contributed by atoms with Crippen LogP contribution in [0.25, 0.3) is 0 Å². The molecule has 0 amide bonds. The molecule has 0 nitrogen and oxygen atoms in total. The van der Waals surface area contributed by atoms with Crippen molar-refractivity contribution in [1.82, 2.24) is 0 Å². The molecule has 138 valence electrons. The van der Waals surface area contributed by atoms with Crippen LogP contribution in [-0.4, -0.2) is 0 Å². The highest BCUT2D eigenvalue weighted by Crippen LogP contribution is 2.13. The molecule has 0 saturated heterocycles. The highest BCUT2D eigenvalue weighted by Gasteiger charge is 1.94. The van der Waals surface area contributed by atoms with Crippen LogP contribution in [0.15, 0.2) is 12.2 Å². The minimum atomic E-state index is 1.29. The molecule has 0 aromatic rings. The molecule has 0 aliphatic rings. The van der Waals surface area contributed by atoms with E-state index in [1.807, 2.05) is 0 Å². The Bertz CT molecular complexity index is 216. The molecular weight excluding hydrogens is 276 g/mol. The average molecular weight is 323 g/mol. The highest BCUT2D eigenvalue weighted by molar-refractivity contribution is 4.81. The van der Waals surface area contributed by atoms with E-state index in [1.165, 1.54) is 122 Å². The Morgan fingerprint density at radius 1 is 0.348 bits per heavy atom. The van der Waals surface area contributed by atoms with Gasteiger partial charge in [0.15, 0.2) is 0 Å². The van der Waals surface area contributed by atoms with E-state index in [9.17, 15) is 0 Å². The molecule has 0 unspecified atom stereocenters. The summed E-state index contributed by atoms with van der Waals surface area (Å²) in [5.41, 5.74) is 0. The van der Waals surface area contributed by atoms with Gasteiger partial charge in [0.2, 0.25) is 0 Å². The van der Waals surface area contributed by atoms with Crippen molar-refractivity contribution in [1.29, 1.82) is 0 Å². The third kappa shape index (κ3) is 21.7. The van der Waals surface area contributed by atoms with Crippen molar-refractivity contribution in [3.63, 3.8) is 0 Å². The summed E-state index contributed by atoms with van der Waals surface area (Å²) in [6, 6.07) is 0. The molecule has 23 heavy (non-hydrogen) atoms. The lowest BCUT2D eigenvalue weighted by Crippen LogP contribution is -1.83. The van der Waals surface area contributed by atoms with Gasteiger partial charge < -0.3 is 0 Å². The molecule has 0 radical (unpaired) electrons. The minimum absolute atomic E-state index is 1.29. The molecule has 0 bridgehead atoms. The first-order valence-corrected chi connectivity index (χ1v) is 11.1. The first-order chi connectivity index (χ1) is 11.4. The number of hydrogen-bond donors (Lipinski definition) is 0. The highest BCUT2D eigenvalue weighted by atomic mass is 14.0. The Kier molecular flexibility index (Phi) is 21.5. The molecule has 0 fully saturated rings. The third-order valence-corrected chi connectivity index (χ3v) is 4.87. The van der Waals surface area contributed by atoms with Crippen molar-refractivity contribution in [2.45, 2.75) is 136 Å². The topological polar surface area (TPSA) is 0 Å². The summed E-state index contributed by atoms with van der Waals surface area (Å²) >= 11 is 0. The zero-order valence-electron chi connectivity index (χ0n) is 16.6. The van der Waals surface area contributed by atoms with Gasteiger partial charge in [0.1, 0.15) is 0 Å². The summed E-state index contributed by atoms with van der Waals surface area (Å²) in [6.45, 7) is 4.56. The van der Waals surface area contributed by atoms with E-state index in [4.69, 9.17) is 0 Å². The van der Waals surface area contributed by atoms with E-state index in [1.54, 1.807) is 0 Å². The Balaban J connectivity index is 2.98. The van der Waals surface area contributed by atoms with Gasteiger partial charge in [-0.2, -0.15) is 0 Å². The number of allylic oxidation sites excluding steroid dienone is 2. The van der Waals surface area contributed by atoms with E-state index >= 15 is 0 Å². The Morgan fingerprint density at radius 2 is 0.652 bits per heavy atom. The smallest absolute Gasteiger partial charge is 0.0351 e. The lowest BCUT2D eigenvalue weighted by Gasteiger charge is -2.03. The lowest BCUT2D eigenvalue weighted by atomic mass is 10.0. The number of unbranched alkanes of at least 4 members (excludes halogenated alkanes) is 17. The van der Waals surface area contributed by atoms with Gasteiger partial charge in [-0.3, -0.25) is 0 Å². The second kappa shape index (κ2) is 21.7. The van der Waals surface area contributed by atoms with Crippen molar-refractivity contribution in [3.8, 4) is 0 Å². The number of hydrogen-bond acceptors (Lipinski definition) is 0. The molecular formula is C23H46. The summed E-state index contributed by atoms with van der Waals surface area (Å²) in [7, 11) is 0. The first kappa shape index (κ1) is 22.7. The van der Waals surface area contributed by atoms with Gasteiger partial charge in [-0.05, 0) is 19.3 Å². The second-order valence-corrected chi connectivity index (χ2v) is 7.35. The summed E-state index contributed by atoms with van der Waals surface area (Å²) in [6.07, 6.45) is 31.9. The van der Waals surface area contributed by atoms with E-state index in [0.717, 1.165) is 0 Å². The molecule has 0 N–H and O–H groups in total. The second-order valence-electron chi connectivity index (χ2n) is 7.35. The molecule has 0 heteroatoms. The van der Waals surface area contributed by atoms with Crippen LogP contribution in [-0.2, 0) is 0 Å². The summed E-state index contributed by atoms with van der Waals surface area (Å²) in [5.74, 6) is 0. The fraction of sp³-hybridized carbons (Fsp3) is 0.913. The molecule has 0 aliphatic heterocycles. The van der Waals surface area contributed by atoms with Crippen LogP contribution in [0.1, 0.15) is 136 Å². The zero-order valence-corrected chi connectivity index (χ0v) is 16.6. The zero-order chi connectivity index (χ0) is 16.8. The number of rotatable bonds is 19. The van der Waals surface area contributed by atoms with Gasteiger partial charge in [-0.25, -0.2) is 0 Å². The maximum Gasteiger partial charge on any atom is -0.0351 e. The quantitative estimate of drug-likeness (QED) is 0.164. The van der Waals surface area contributed by atoms with Gasteiger partial charge in [0, 0.05) is 0 Å². The van der Waals surface area contributed by atoms with Crippen molar-refractivity contribution in [2.75, 3.05) is 0 Å². The molecule has 0 rings (SSSR count). The SMILES string of the molecule is CCCC/C=C/CCCCCCCCCCCCCCCCC. The van der Waals surface area contributed by atoms with Crippen LogP contribution in [0.4, 0.5) is 0 Å². The van der Waals surface area contributed by atoms with Crippen LogP contribution in [0.2, 0.25) is 0 Å². The largest absolute Gasteiger partial charge is 0.0885 e. The maximum absolute atomic E-state index is 2.40. The Morgan fingerprint density at radius 3 is 1.04 bits per heavy atom. The molecule has 0 saturated carbocycles. The molecule has 0 spiro atoms. The van der Waals surface area contributed by atoms with Crippen molar-refractivity contribution < 1.29 is 0 Å². The van der Waals surface area contributed by atoms with Crippen molar-refractivity contribution in [2.24, 2.45) is 0 Å². The van der Waals surface area contributed by atoms with E-state index in [0.29, 0.717) is 0 Å². The third-order valence-electron chi connectivity index (χ3n) is 4.87. The molecule has 0 aromatic carbocycles. The van der Waals surface area contributed by atoms with Crippen molar-refractivity contribution in [3.05, 3.63) is 12.2 Å². The Hall–Kier alpha value is -0.260. The standard InChI is InChI=1S/C23H46/c1-3-5-7-9-11-13-15-17-19-21-23-22-20-18-16-14-12-10-8-6-4-2/h9,11H,3-8,10,12-23H2,1-2H3/b11-9+. The lowest BCUT2D eigenvalue weighted by molar-refractivity contribution is 0.533. The summed E-state index contributed by atoms with van der Waals surface area (Å²) in [4.78, 5) is 0.